The Bertz CT molecular complexity index is 1550. The zero-order valence-corrected chi connectivity index (χ0v) is 19.0. The number of rotatable bonds is 6. The average molecular weight is 474 g/mol. The highest BCUT2D eigenvalue weighted by atomic mass is 35.5. The number of halogens is 1. The molecule has 0 spiro atoms. The molecule has 0 saturated carbocycles. The van der Waals surface area contributed by atoms with Gasteiger partial charge in [-0.3, -0.25) is 0 Å². The Hall–Kier alpha value is -4.24. The van der Waals surface area contributed by atoms with Crippen molar-refractivity contribution in [3.63, 3.8) is 0 Å². The van der Waals surface area contributed by atoms with Gasteiger partial charge in [-0.1, -0.05) is 35.9 Å². The Morgan fingerprint density at radius 1 is 1.09 bits per heavy atom. The summed E-state index contributed by atoms with van der Waals surface area (Å²) in [6.07, 6.45) is 1.26. The molecule has 3 aromatic carbocycles. The first-order valence-electron chi connectivity index (χ1n) is 10.6. The molecule has 3 N–H and O–H groups in total. The van der Waals surface area contributed by atoms with Gasteiger partial charge in [0.05, 0.1) is 40.0 Å². The lowest BCUT2D eigenvalue weighted by atomic mass is 10.00. The van der Waals surface area contributed by atoms with Gasteiger partial charge in [0.1, 0.15) is 12.7 Å². The second kappa shape index (κ2) is 8.60. The summed E-state index contributed by atoms with van der Waals surface area (Å²) in [5, 5.41) is 15.2. The fourth-order valence-electron chi connectivity index (χ4n) is 4.01. The van der Waals surface area contributed by atoms with E-state index in [1.807, 2.05) is 42.5 Å². The molecule has 0 amide bonds. The van der Waals surface area contributed by atoms with Crippen LogP contribution >= 0.6 is 11.6 Å². The zero-order chi connectivity index (χ0) is 23.8. The maximum absolute atomic E-state index is 11.3. The summed E-state index contributed by atoms with van der Waals surface area (Å²) in [4.78, 5) is 24.5. The highest BCUT2D eigenvalue weighted by Gasteiger charge is 2.19. The van der Waals surface area contributed by atoms with E-state index in [4.69, 9.17) is 27.3 Å². The number of anilines is 2. The van der Waals surface area contributed by atoms with Gasteiger partial charge in [-0.05, 0) is 40.8 Å². The number of aryl methyl sites for hydroxylation is 1. The Balaban J connectivity index is 1.59. The molecule has 5 aromatic rings. The Kier molecular flexibility index (Phi) is 5.46. The summed E-state index contributed by atoms with van der Waals surface area (Å²) < 4.78 is 1.55. The molecule has 9 nitrogen and oxygen atoms in total. The first-order chi connectivity index (χ1) is 16.4. The van der Waals surface area contributed by atoms with Crippen molar-refractivity contribution in [1.29, 1.82) is 0 Å². The molecule has 0 atom stereocenters. The average Bonchev–Trinajstić information content (AvgIpc) is 3.20. The molecule has 34 heavy (non-hydrogen) atoms. The third-order valence-electron chi connectivity index (χ3n) is 5.68. The number of nitrogens with one attached hydrogen (secondary N) is 1. The molecular weight excluding hydrogens is 454 g/mol. The first-order valence-corrected chi connectivity index (χ1v) is 11.0. The molecule has 0 fully saturated rings. The number of benzene rings is 3. The monoisotopic (exact) mass is 473 g/mol. The van der Waals surface area contributed by atoms with Gasteiger partial charge < -0.3 is 21.2 Å². The summed E-state index contributed by atoms with van der Waals surface area (Å²) in [5.74, 6) is 0.518. The van der Waals surface area contributed by atoms with Crippen LogP contribution in [0.1, 0.15) is 5.82 Å². The van der Waals surface area contributed by atoms with Crippen LogP contribution in [0.5, 0.6) is 0 Å². The van der Waals surface area contributed by atoms with E-state index >= 15 is 0 Å². The van der Waals surface area contributed by atoms with Crippen LogP contribution in [-0.2, 0) is 6.54 Å². The molecule has 0 aliphatic rings. The highest BCUT2D eigenvalue weighted by Crippen LogP contribution is 2.38. The molecule has 2 heterocycles. The SMILES string of the molecule is Cc1ncc([N+](=O)[O-])n1CCNc1cc2nc3ccccc3nc2c(-c2ccc(Cl)cc2)c1N. The predicted octanol–water partition coefficient (Wildman–Crippen LogP) is 5.21. The van der Waals surface area contributed by atoms with Crippen LogP contribution in [0, 0.1) is 17.0 Å². The molecule has 2 aromatic heterocycles. The summed E-state index contributed by atoms with van der Waals surface area (Å²) in [6, 6.07) is 16.9. The maximum Gasteiger partial charge on any atom is 0.342 e. The number of hydrogen-bond donors (Lipinski definition) is 2. The van der Waals surface area contributed by atoms with Crippen molar-refractivity contribution in [2.45, 2.75) is 13.5 Å². The van der Waals surface area contributed by atoms with Crippen molar-refractivity contribution in [2.24, 2.45) is 0 Å². The normalized spacial score (nSPS) is 11.2. The van der Waals surface area contributed by atoms with Crippen molar-refractivity contribution < 1.29 is 4.92 Å². The van der Waals surface area contributed by atoms with E-state index in [-0.39, 0.29) is 5.82 Å². The fraction of sp³-hybridized carbons (Fsp3) is 0.125. The number of hydrogen-bond acceptors (Lipinski definition) is 7. The van der Waals surface area contributed by atoms with Crippen LogP contribution in [0.2, 0.25) is 5.02 Å². The predicted molar refractivity (Wildman–Crippen MR) is 134 cm³/mol. The molecule has 0 aliphatic carbocycles. The van der Waals surface area contributed by atoms with Crippen LogP contribution in [0.25, 0.3) is 33.2 Å². The molecule has 10 heteroatoms. The molecule has 170 valence electrons. The maximum atomic E-state index is 11.3. The third kappa shape index (κ3) is 3.86. The van der Waals surface area contributed by atoms with Crippen molar-refractivity contribution in [2.75, 3.05) is 17.6 Å². The minimum atomic E-state index is -0.441. The quantitative estimate of drug-likeness (QED) is 0.150. The van der Waals surface area contributed by atoms with Gasteiger partial charge in [0, 0.05) is 17.5 Å². The lowest BCUT2D eigenvalue weighted by molar-refractivity contribution is -0.392. The summed E-state index contributed by atoms with van der Waals surface area (Å²) in [5.41, 5.74) is 12.3. The minimum absolute atomic E-state index is 0.0510. The zero-order valence-electron chi connectivity index (χ0n) is 18.2. The molecular formula is C24H20ClN7O2. The second-order valence-corrected chi connectivity index (χ2v) is 8.24. The third-order valence-corrected chi connectivity index (χ3v) is 5.93. The highest BCUT2D eigenvalue weighted by molar-refractivity contribution is 6.30. The van der Waals surface area contributed by atoms with Gasteiger partial charge in [0.15, 0.2) is 5.82 Å². The van der Waals surface area contributed by atoms with E-state index in [2.05, 4.69) is 10.3 Å². The number of nitrogens with two attached hydrogens (primary N) is 1. The minimum Gasteiger partial charge on any atom is -0.396 e. The van der Waals surface area contributed by atoms with E-state index in [1.54, 1.807) is 23.6 Å². The van der Waals surface area contributed by atoms with Crippen LogP contribution in [0.4, 0.5) is 17.2 Å². The van der Waals surface area contributed by atoms with E-state index in [0.717, 1.165) is 22.2 Å². The number of nitrogens with zero attached hydrogens (tertiary/aromatic N) is 5. The topological polar surface area (TPSA) is 125 Å². The largest absolute Gasteiger partial charge is 0.396 e. The summed E-state index contributed by atoms with van der Waals surface area (Å²) in [6.45, 7) is 2.48. The molecule has 0 saturated heterocycles. The van der Waals surface area contributed by atoms with Crippen LogP contribution < -0.4 is 11.1 Å². The van der Waals surface area contributed by atoms with Gasteiger partial charge in [0.25, 0.3) is 0 Å². The fourth-order valence-corrected chi connectivity index (χ4v) is 4.14. The number of imidazole rings is 1. The first kappa shape index (κ1) is 21.6. The van der Waals surface area contributed by atoms with Gasteiger partial charge in [0.2, 0.25) is 0 Å². The van der Waals surface area contributed by atoms with Gasteiger partial charge in [-0.25, -0.2) is 19.5 Å². The smallest absolute Gasteiger partial charge is 0.342 e. The number of aromatic nitrogens is 4. The molecule has 0 bridgehead atoms. The van der Waals surface area contributed by atoms with Crippen LogP contribution in [0.3, 0.4) is 0 Å². The lowest BCUT2D eigenvalue weighted by Gasteiger charge is -2.16. The van der Waals surface area contributed by atoms with E-state index in [1.165, 1.54) is 6.20 Å². The molecule has 0 radical (unpaired) electrons. The molecule has 0 unspecified atom stereocenters. The van der Waals surface area contributed by atoms with Crippen molar-refractivity contribution in [3.05, 3.63) is 81.8 Å². The van der Waals surface area contributed by atoms with Crippen molar-refractivity contribution in [1.82, 2.24) is 19.5 Å². The van der Waals surface area contributed by atoms with E-state index < -0.39 is 4.92 Å². The van der Waals surface area contributed by atoms with Gasteiger partial charge in [-0.15, -0.1) is 0 Å². The molecule has 0 aliphatic heterocycles. The Morgan fingerprint density at radius 3 is 2.50 bits per heavy atom. The van der Waals surface area contributed by atoms with Gasteiger partial charge >= 0.3 is 5.82 Å². The van der Waals surface area contributed by atoms with E-state index in [9.17, 15) is 10.1 Å². The summed E-state index contributed by atoms with van der Waals surface area (Å²) in [7, 11) is 0. The number of fused-ring (bicyclic) bond motifs is 2. The Morgan fingerprint density at radius 2 is 1.79 bits per heavy atom. The lowest BCUT2D eigenvalue weighted by Crippen LogP contribution is -2.14. The van der Waals surface area contributed by atoms with Gasteiger partial charge in [-0.2, -0.15) is 0 Å². The number of para-hydroxylation sites is 2. The molecule has 5 rings (SSSR count). The van der Waals surface area contributed by atoms with Crippen LogP contribution in [-0.4, -0.2) is 31.0 Å². The Labute approximate surface area is 199 Å². The summed E-state index contributed by atoms with van der Waals surface area (Å²) >= 11 is 6.10. The standard InChI is InChI=1S/C24H20ClN7O2/c1-14-28-13-21(32(33)34)31(14)11-10-27-19-12-20-24(30-18-5-3-2-4-17(18)29-20)22(23(19)26)15-6-8-16(25)9-7-15/h2-9,12-13,27H,10-11,26H2,1H3. The van der Waals surface area contributed by atoms with Crippen LogP contribution in [0.15, 0.2) is 60.8 Å². The van der Waals surface area contributed by atoms with Crippen molar-refractivity contribution >= 4 is 50.9 Å². The van der Waals surface area contributed by atoms with E-state index in [0.29, 0.717) is 46.3 Å². The van der Waals surface area contributed by atoms with Crippen molar-refractivity contribution in [3.8, 4) is 11.1 Å². The second-order valence-electron chi connectivity index (χ2n) is 7.80. The number of nitrogen functional groups attached to an aromatic ring is 1. The number of nitro groups is 1.